The molecule has 1 aromatic carbocycles. The number of aryl methyl sites for hydroxylation is 1. The summed E-state index contributed by atoms with van der Waals surface area (Å²) >= 11 is 5.95. The third-order valence-electron chi connectivity index (χ3n) is 4.10. The molecule has 23 heavy (non-hydrogen) atoms. The van der Waals surface area contributed by atoms with Crippen LogP contribution in [0.15, 0.2) is 42.6 Å². The van der Waals surface area contributed by atoms with E-state index in [4.69, 9.17) is 11.6 Å². The summed E-state index contributed by atoms with van der Waals surface area (Å²) in [6.45, 7) is 6.70. The van der Waals surface area contributed by atoms with Crippen molar-refractivity contribution >= 4 is 17.5 Å². The van der Waals surface area contributed by atoms with Gasteiger partial charge in [0.15, 0.2) is 0 Å². The molecular weight excluding hydrogens is 310 g/mol. The molecule has 0 spiro atoms. The number of benzene rings is 1. The predicted octanol–water partition coefficient (Wildman–Crippen LogP) is 3.49. The van der Waals surface area contributed by atoms with Gasteiger partial charge in [-0.15, -0.1) is 0 Å². The third-order valence-corrected chi connectivity index (χ3v) is 4.30. The lowest BCUT2D eigenvalue weighted by atomic mass is 10.1. The number of hydrogen-bond donors (Lipinski definition) is 1. The number of carbonyl (C=O) groups excluding carboxylic acids is 1. The van der Waals surface area contributed by atoms with Gasteiger partial charge in [0.05, 0.1) is 11.1 Å². The number of rotatable bonds is 7. The average molecular weight is 334 g/mol. The van der Waals surface area contributed by atoms with Crippen LogP contribution < -0.4 is 5.32 Å². The van der Waals surface area contributed by atoms with Crippen LogP contribution in [0.25, 0.3) is 0 Å². The molecule has 0 bridgehead atoms. The molecule has 124 valence electrons. The first-order chi connectivity index (χ1) is 11.1. The zero-order valence-electron chi connectivity index (χ0n) is 13.9. The molecule has 4 nitrogen and oxygen atoms in total. The van der Waals surface area contributed by atoms with E-state index in [9.17, 15) is 4.79 Å². The lowest BCUT2D eigenvalue weighted by Gasteiger charge is -2.30. The maximum atomic E-state index is 12.4. The van der Waals surface area contributed by atoms with Gasteiger partial charge in [-0.25, -0.2) is 0 Å². The minimum absolute atomic E-state index is 0.104. The van der Waals surface area contributed by atoms with Crippen LogP contribution >= 0.6 is 11.6 Å². The highest BCUT2D eigenvalue weighted by atomic mass is 35.5. The van der Waals surface area contributed by atoms with Gasteiger partial charge < -0.3 is 9.88 Å². The molecule has 2 aromatic rings. The Hall–Kier alpha value is -1.78. The third kappa shape index (κ3) is 4.36. The van der Waals surface area contributed by atoms with Crippen LogP contribution in [0.5, 0.6) is 0 Å². The number of hydrogen-bond acceptors (Lipinski definition) is 2. The van der Waals surface area contributed by atoms with Crippen LogP contribution in [0.3, 0.4) is 0 Å². The Bertz CT molecular complexity index is 635. The van der Waals surface area contributed by atoms with Crippen molar-refractivity contribution in [1.29, 1.82) is 0 Å². The molecule has 1 amide bonds. The van der Waals surface area contributed by atoms with E-state index in [1.165, 1.54) is 5.56 Å². The van der Waals surface area contributed by atoms with E-state index in [1.54, 1.807) is 16.8 Å². The molecule has 0 aliphatic carbocycles. The van der Waals surface area contributed by atoms with Crippen molar-refractivity contribution in [2.45, 2.75) is 19.9 Å². The first kappa shape index (κ1) is 17.6. The number of halogens is 1. The fraction of sp³-hybridized carbons (Fsp3) is 0.389. The molecule has 1 aromatic heterocycles. The van der Waals surface area contributed by atoms with Crippen LogP contribution in [-0.4, -0.2) is 35.0 Å². The molecule has 1 N–H and O–H groups in total. The molecule has 1 heterocycles. The van der Waals surface area contributed by atoms with E-state index in [2.05, 4.69) is 36.2 Å². The predicted molar refractivity (Wildman–Crippen MR) is 94.9 cm³/mol. The van der Waals surface area contributed by atoms with Crippen LogP contribution in [0.4, 0.5) is 0 Å². The summed E-state index contributed by atoms with van der Waals surface area (Å²) < 4.78 is 1.74. The summed E-state index contributed by atoms with van der Waals surface area (Å²) in [5.74, 6) is -0.104. The van der Waals surface area contributed by atoms with Gasteiger partial charge in [0.2, 0.25) is 0 Å². The van der Waals surface area contributed by atoms with E-state index in [-0.39, 0.29) is 11.9 Å². The van der Waals surface area contributed by atoms with Gasteiger partial charge in [-0.05, 0) is 24.7 Å². The van der Waals surface area contributed by atoms with E-state index in [1.807, 2.05) is 25.2 Å². The molecule has 0 aliphatic rings. The van der Waals surface area contributed by atoms with Crippen molar-refractivity contribution in [2.24, 2.45) is 7.05 Å². The Morgan fingerprint density at radius 1 is 1.26 bits per heavy atom. The second kappa shape index (κ2) is 8.18. The molecule has 0 aliphatic heterocycles. The first-order valence-corrected chi connectivity index (χ1v) is 8.33. The standard InChI is InChI=1S/C18H24ClN3O/c1-4-22(5-2)17(14-9-7-6-8-10-14)12-20-18(23)16-11-15(19)13-21(16)3/h6-11,13,17H,4-5,12H2,1-3H3,(H,20,23)/t17-/m1/s1. The second-order valence-electron chi connectivity index (χ2n) is 5.51. The number of nitrogens with one attached hydrogen (secondary N) is 1. The maximum absolute atomic E-state index is 12.4. The summed E-state index contributed by atoms with van der Waals surface area (Å²) in [5, 5.41) is 3.61. The zero-order chi connectivity index (χ0) is 16.8. The number of amides is 1. The van der Waals surface area contributed by atoms with Crippen molar-refractivity contribution in [3.8, 4) is 0 Å². The van der Waals surface area contributed by atoms with Gasteiger partial charge in [0.25, 0.3) is 5.91 Å². The minimum atomic E-state index is -0.104. The molecule has 5 heteroatoms. The number of likely N-dealkylation sites (N-methyl/N-ethyl adjacent to an activating group) is 1. The van der Waals surface area contributed by atoms with Crippen LogP contribution in [-0.2, 0) is 7.05 Å². The molecule has 0 saturated heterocycles. The van der Waals surface area contributed by atoms with Crippen LogP contribution in [0.1, 0.15) is 35.9 Å². The zero-order valence-corrected chi connectivity index (χ0v) is 14.7. The maximum Gasteiger partial charge on any atom is 0.268 e. The fourth-order valence-corrected chi connectivity index (χ4v) is 3.08. The Morgan fingerprint density at radius 3 is 2.43 bits per heavy atom. The second-order valence-corrected chi connectivity index (χ2v) is 5.95. The largest absolute Gasteiger partial charge is 0.349 e. The summed E-state index contributed by atoms with van der Waals surface area (Å²) in [6, 6.07) is 12.1. The highest BCUT2D eigenvalue weighted by Crippen LogP contribution is 2.20. The average Bonchev–Trinajstić information content (AvgIpc) is 2.90. The van der Waals surface area contributed by atoms with Crippen molar-refractivity contribution in [3.05, 3.63) is 58.9 Å². The summed E-state index contributed by atoms with van der Waals surface area (Å²) in [7, 11) is 1.82. The minimum Gasteiger partial charge on any atom is -0.349 e. The van der Waals surface area contributed by atoms with Crippen molar-refractivity contribution in [3.63, 3.8) is 0 Å². The van der Waals surface area contributed by atoms with Crippen LogP contribution in [0, 0.1) is 0 Å². The molecule has 2 rings (SSSR count). The molecule has 1 atom stereocenters. The number of aromatic nitrogens is 1. The monoisotopic (exact) mass is 333 g/mol. The van der Waals surface area contributed by atoms with Crippen molar-refractivity contribution in [1.82, 2.24) is 14.8 Å². The SMILES string of the molecule is CCN(CC)[C@H](CNC(=O)c1cc(Cl)cn1C)c1ccccc1. The summed E-state index contributed by atoms with van der Waals surface area (Å²) in [4.78, 5) is 14.7. The highest BCUT2D eigenvalue weighted by molar-refractivity contribution is 6.31. The van der Waals surface area contributed by atoms with Crippen molar-refractivity contribution < 1.29 is 4.79 Å². The Morgan fingerprint density at radius 2 is 1.91 bits per heavy atom. The molecule has 0 radical (unpaired) electrons. The quantitative estimate of drug-likeness (QED) is 0.842. The lowest BCUT2D eigenvalue weighted by molar-refractivity contribution is 0.0927. The normalized spacial score (nSPS) is 12.4. The molecular formula is C18H24ClN3O. The van der Waals surface area contributed by atoms with E-state index in [0.29, 0.717) is 17.3 Å². The number of nitrogens with zero attached hydrogens (tertiary/aromatic N) is 2. The van der Waals surface area contributed by atoms with Gasteiger partial charge in [-0.3, -0.25) is 9.69 Å². The molecule has 0 unspecified atom stereocenters. The van der Waals surface area contributed by atoms with E-state index < -0.39 is 0 Å². The molecule has 0 fully saturated rings. The van der Waals surface area contributed by atoms with Gasteiger partial charge in [-0.1, -0.05) is 55.8 Å². The smallest absolute Gasteiger partial charge is 0.268 e. The van der Waals surface area contributed by atoms with E-state index in [0.717, 1.165) is 13.1 Å². The highest BCUT2D eigenvalue weighted by Gasteiger charge is 2.19. The van der Waals surface area contributed by atoms with Gasteiger partial charge in [0.1, 0.15) is 5.69 Å². The van der Waals surface area contributed by atoms with Crippen LogP contribution in [0.2, 0.25) is 5.02 Å². The number of carbonyl (C=O) groups is 1. The van der Waals surface area contributed by atoms with E-state index >= 15 is 0 Å². The topological polar surface area (TPSA) is 37.3 Å². The van der Waals surface area contributed by atoms with Crippen molar-refractivity contribution in [2.75, 3.05) is 19.6 Å². The van der Waals surface area contributed by atoms with Gasteiger partial charge in [0, 0.05) is 19.8 Å². The lowest BCUT2D eigenvalue weighted by Crippen LogP contribution is -2.38. The molecule has 0 saturated carbocycles. The Labute approximate surface area is 143 Å². The Balaban J connectivity index is 2.12. The van der Waals surface area contributed by atoms with Gasteiger partial charge >= 0.3 is 0 Å². The fourth-order valence-electron chi connectivity index (χ4n) is 2.83. The Kier molecular flexibility index (Phi) is 6.25. The van der Waals surface area contributed by atoms with Gasteiger partial charge in [-0.2, -0.15) is 0 Å². The summed E-state index contributed by atoms with van der Waals surface area (Å²) in [5.41, 5.74) is 1.78. The summed E-state index contributed by atoms with van der Waals surface area (Å²) in [6.07, 6.45) is 1.73. The first-order valence-electron chi connectivity index (χ1n) is 7.95.